The van der Waals surface area contributed by atoms with Gasteiger partial charge in [0.05, 0.1) is 0 Å². The summed E-state index contributed by atoms with van der Waals surface area (Å²) in [7, 11) is 0. The third-order valence-corrected chi connectivity index (χ3v) is 4.57. The second-order valence-electron chi connectivity index (χ2n) is 2.24. The van der Waals surface area contributed by atoms with Gasteiger partial charge < -0.3 is 0 Å². The van der Waals surface area contributed by atoms with Crippen molar-refractivity contribution >= 4 is 24.8 Å². The van der Waals surface area contributed by atoms with E-state index >= 15 is 0 Å². The second-order valence-corrected chi connectivity index (χ2v) is 4.18. The molecular formula is C7H11Cl2Hf. The molecule has 1 aliphatic rings. The van der Waals surface area contributed by atoms with E-state index in [0.29, 0.717) is 0 Å². The number of halogens is 2. The van der Waals surface area contributed by atoms with Crippen LogP contribution in [0.2, 0.25) is 0 Å². The summed E-state index contributed by atoms with van der Waals surface area (Å²) in [6.45, 7) is 4.46. The molecule has 10 heavy (non-hydrogen) atoms. The fourth-order valence-electron chi connectivity index (χ4n) is 0.834. The Morgan fingerprint density at radius 1 is 1.40 bits per heavy atom. The predicted octanol–water partition coefficient (Wildman–Crippen LogP) is 2.86. The van der Waals surface area contributed by atoms with Gasteiger partial charge in [0.1, 0.15) is 0 Å². The van der Waals surface area contributed by atoms with Crippen LogP contribution in [0, 0.1) is 5.92 Å². The first-order valence-corrected chi connectivity index (χ1v) is 4.62. The molecule has 0 nitrogen and oxygen atoms in total. The first kappa shape index (κ1) is 13.5. The Morgan fingerprint density at radius 2 is 1.90 bits per heavy atom. The van der Waals surface area contributed by atoms with Crippen molar-refractivity contribution in [2.45, 2.75) is 13.8 Å². The normalized spacial score (nSPS) is 21.9. The Balaban J connectivity index is 0. The predicted molar refractivity (Wildman–Crippen MR) is 45.5 cm³/mol. The molecule has 1 atom stereocenters. The quantitative estimate of drug-likeness (QED) is 0.593. The molecule has 0 aromatic heterocycles. The van der Waals surface area contributed by atoms with E-state index in [1.54, 1.807) is 3.33 Å². The summed E-state index contributed by atoms with van der Waals surface area (Å²) in [5, 5.41) is 0. The van der Waals surface area contributed by atoms with E-state index in [4.69, 9.17) is 0 Å². The first-order chi connectivity index (χ1) is 3.72. The van der Waals surface area contributed by atoms with Gasteiger partial charge in [-0.1, -0.05) is 0 Å². The Kier molecular flexibility index (Phi) is 7.52. The van der Waals surface area contributed by atoms with Crippen LogP contribution in [0.1, 0.15) is 13.8 Å². The van der Waals surface area contributed by atoms with E-state index in [1.165, 1.54) is 29.9 Å². The average molecular weight is 345 g/mol. The Hall–Kier alpha value is 0.930. The van der Waals surface area contributed by atoms with E-state index in [9.17, 15) is 0 Å². The van der Waals surface area contributed by atoms with Crippen LogP contribution >= 0.6 is 24.8 Å². The zero-order valence-electron chi connectivity index (χ0n) is 6.05. The van der Waals surface area contributed by atoms with Gasteiger partial charge in [-0.2, -0.15) is 0 Å². The van der Waals surface area contributed by atoms with Crippen LogP contribution in [0.5, 0.6) is 0 Å². The fraction of sp³-hybridized carbons (Fsp3) is 0.429. The standard InChI is InChI=1S/C7H9.2ClH.Hf/c1-6-3-4-7(2)5-6;;;/h3-4,6H,1-2H3;2*1H;. The van der Waals surface area contributed by atoms with Crippen LogP contribution < -0.4 is 0 Å². The van der Waals surface area contributed by atoms with Crippen molar-refractivity contribution in [1.82, 2.24) is 0 Å². The van der Waals surface area contributed by atoms with Gasteiger partial charge in [0.15, 0.2) is 0 Å². The van der Waals surface area contributed by atoms with Crippen molar-refractivity contribution in [3.63, 3.8) is 0 Å². The summed E-state index contributed by atoms with van der Waals surface area (Å²) >= 11 is 1.24. The third-order valence-electron chi connectivity index (χ3n) is 1.52. The van der Waals surface area contributed by atoms with Crippen molar-refractivity contribution in [2.24, 2.45) is 5.92 Å². The molecule has 1 aliphatic carbocycles. The first-order valence-electron chi connectivity index (χ1n) is 2.82. The van der Waals surface area contributed by atoms with Gasteiger partial charge in [-0.3, -0.25) is 0 Å². The smallest absolute Gasteiger partial charge is 0.147 e. The number of hydrogen-bond acceptors (Lipinski definition) is 0. The summed E-state index contributed by atoms with van der Waals surface area (Å²) in [5.74, 6) is 0.752. The molecule has 0 fully saturated rings. The van der Waals surface area contributed by atoms with Gasteiger partial charge in [-0.15, -0.1) is 24.8 Å². The van der Waals surface area contributed by atoms with Gasteiger partial charge in [0, 0.05) is 0 Å². The van der Waals surface area contributed by atoms with Gasteiger partial charge in [0.25, 0.3) is 0 Å². The monoisotopic (exact) mass is 345 g/mol. The Bertz CT molecular complexity index is 161. The van der Waals surface area contributed by atoms with E-state index in [0.717, 1.165) is 5.92 Å². The summed E-state index contributed by atoms with van der Waals surface area (Å²) in [4.78, 5) is 0. The third kappa shape index (κ3) is 2.89. The fourth-order valence-corrected chi connectivity index (χ4v) is 1.48. The van der Waals surface area contributed by atoms with Gasteiger partial charge in [-0.25, -0.2) is 0 Å². The van der Waals surface area contributed by atoms with Gasteiger partial charge >= 0.3 is 65.2 Å². The molecule has 57 valence electrons. The van der Waals surface area contributed by atoms with Gasteiger partial charge in [-0.05, 0) is 0 Å². The SMILES string of the molecule is CC1=[C]([Hf])C(C)C=C1.Cl.Cl. The molecule has 0 spiro atoms. The molecule has 0 aliphatic heterocycles. The maximum Gasteiger partial charge on any atom is -0.147 e. The molecule has 3 heteroatoms. The van der Waals surface area contributed by atoms with Gasteiger partial charge in [0.2, 0.25) is 0 Å². The van der Waals surface area contributed by atoms with E-state index in [2.05, 4.69) is 26.0 Å². The molecule has 0 radical (unpaired) electrons. The Labute approximate surface area is 89.5 Å². The minimum atomic E-state index is 0. The maximum atomic E-state index is 2.28. The topological polar surface area (TPSA) is 0 Å². The molecule has 0 N–H and O–H groups in total. The van der Waals surface area contributed by atoms with E-state index < -0.39 is 0 Å². The van der Waals surface area contributed by atoms with E-state index in [-0.39, 0.29) is 24.8 Å². The molecule has 0 heterocycles. The summed E-state index contributed by atoms with van der Waals surface area (Å²) in [5.41, 5.74) is 1.50. The van der Waals surface area contributed by atoms with E-state index in [1.807, 2.05) is 0 Å². The molecule has 0 amide bonds. The number of allylic oxidation sites excluding steroid dienone is 4. The zero-order chi connectivity index (χ0) is 6.15. The number of hydrogen-bond donors (Lipinski definition) is 0. The van der Waals surface area contributed by atoms with Crippen molar-refractivity contribution < 1.29 is 24.4 Å². The molecule has 0 bridgehead atoms. The zero-order valence-corrected chi connectivity index (χ0v) is 11.3. The minimum Gasteiger partial charge on any atom is -0.147 e. The molecule has 1 rings (SSSR count). The minimum absolute atomic E-state index is 0. The average Bonchev–Trinajstić information content (AvgIpc) is 1.98. The summed E-state index contributed by atoms with van der Waals surface area (Å²) in [6, 6.07) is 0. The van der Waals surface area contributed by atoms with Crippen LogP contribution in [0.25, 0.3) is 0 Å². The number of rotatable bonds is 0. The Morgan fingerprint density at radius 3 is 2.00 bits per heavy atom. The molecular weight excluding hydrogens is 333 g/mol. The maximum absolute atomic E-state index is 2.28. The van der Waals surface area contributed by atoms with Crippen molar-refractivity contribution in [3.8, 4) is 0 Å². The van der Waals surface area contributed by atoms with Crippen molar-refractivity contribution in [1.29, 1.82) is 0 Å². The molecule has 0 saturated heterocycles. The molecule has 0 aromatic carbocycles. The summed E-state index contributed by atoms with van der Waals surface area (Å²) in [6.07, 6.45) is 4.50. The van der Waals surface area contributed by atoms with Crippen LogP contribution in [-0.4, -0.2) is 0 Å². The van der Waals surface area contributed by atoms with Crippen molar-refractivity contribution in [2.75, 3.05) is 0 Å². The van der Waals surface area contributed by atoms with Crippen molar-refractivity contribution in [3.05, 3.63) is 21.1 Å². The second kappa shape index (κ2) is 5.56. The molecule has 0 saturated carbocycles. The molecule has 1 unspecified atom stereocenters. The summed E-state index contributed by atoms with van der Waals surface area (Å²) < 4.78 is 1.66. The largest absolute Gasteiger partial charge is 0.147 e. The van der Waals surface area contributed by atoms with Crippen LogP contribution in [0.3, 0.4) is 0 Å². The van der Waals surface area contributed by atoms with Crippen LogP contribution in [0.15, 0.2) is 21.1 Å². The van der Waals surface area contributed by atoms with Crippen LogP contribution in [0.4, 0.5) is 0 Å². The molecule has 0 aromatic rings. The van der Waals surface area contributed by atoms with Crippen LogP contribution in [-0.2, 0) is 24.4 Å².